The molecule has 0 saturated carbocycles. The summed E-state index contributed by atoms with van der Waals surface area (Å²) in [6.45, 7) is 1.70. The van der Waals surface area contributed by atoms with Gasteiger partial charge in [0.15, 0.2) is 0 Å². The van der Waals surface area contributed by atoms with E-state index >= 15 is 0 Å². The Bertz CT molecular complexity index is 501. The van der Waals surface area contributed by atoms with E-state index in [1.165, 1.54) is 24.1 Å². The number of amides is 1. The van der Waals surface area contributed by atoms with Gasteiger partial charge in [-0.15, -0.1) is 0 Å². The largest absolute Gasteiger partial charge is 0.418 e. The van der Waals surface area contributed by atoms with Crippen LogP contribution in [0.3, 0.4) is 0 Å². The fourth-order valence-electron chi connectivity index (χ4n) is 1.75. The first-order chi connectivity index (χ1) is 9.33. The number of nitrogens with one attached hydrogen (secondary N) is 1. The predicted octanol–water partition coefficient (Wildman–Crippen LogP) is 2.09. The molecule has 1 aromatic rings. The summed E-state index contributed by atoms with van der Waals surface area (Å²) >= 11 is 0. The number of benzene rings is 1. The second-order valence-corrected chi connectivity index (χ2v) is 4.08. The van der Waals surface area contributed by atoms with Crippen LogP contribution in [0.4, 0.5) is 18.9 Å². The summed E-state index contributed by atoms with van der Waals surface area (Å²) in [7, 11) is 1.41. The fourth-order valence-corrected chi connectivity index (χ4v) is 1.75. The van der Waals surface area contributed by atoms with Gasteiger partial charge in [-0.2, -0.15) is 13.2 Å². The number of carbonyl (C=O) groups is 2. The highest BCUT2D eigenvalue weighted by Crippen LogP contribution is 2.37. The molecule has 0 saturated heterocycles. The van der Waals surface area contributed by atoms with Crippen molar-refractivity contribution < 1.29 is 22.8 Å². The Labute approximate surface area is 114 Å². The molecule has 0 aromatic heterocycles. The third kappa shape index (κ3) is 3.72. The van der Waals surface area contributed by atoms with Gasteiger partial charge in [0.2, 0.25) is 5.91 Å². The Morgan fingerprint density at radius 3 is 2.50 bits per heavy atom. The van der Waals surface area contributed by atoms with Crippen LogP contribution in [0.15, 0.2) is 18.2 Å². The van der Waals surface area contributed by atoms with E-state index in [-0.39, 0.29) is 30.2 Å². The Balaban J connectivity index is 3.27. The van der Waals surface area contributed by atoms with Crippen LogP contribution in [0.5, 0.6) is 0 Å². The number of likely N-dealkylation sites (N-methyl/N-ethyl adjacent to an activating group) is 2. The zero-order valence-electron chi connectivity index (χ0n) is 11.1. The van der Waals surface area contributed by atoms with E-state index in [0.717, 1.165) is 6.07 Å². The minimum atomic E-state index is -4.59. The summed E-state index contributed by atoms with van der Waals surface area (Å²) in [6, 6.07) is 3.29. The van der Waals surface area contributed by atoms with Crippen molar-refractivity contribution in [1.29, 1.82) is 0 Å². The second-order valence-electron chi connectivity index (χ2n) is 4.08. The molecule has 0 aliphatic heterocycles. The zero-order valence-corrected chi connectivity index (χ0v) is 11.1. The lowest BCUT2D eigenvalue weighted by molar-refractivity contribution is -0.137. The van der Waals surface area contributed by atoms with Crippen molar-refractivity contribution in [3.05, 3.63) is 29.3 Å². The second kappa shape index (κ2) is 6.40. The monoisotopic (exact) mass is 288 g/mol. The molecule has 1 amide bonds. The lowest BCUT2D eigenvalue weighted by Crippen LogP contribution is -2.36. The number of halogens is 3. The van der Waals surface area contributed by atoms with Crippen molar-refractivity contribution in [2.24, 2.45) is 0 Å². The highest BCUT2D eigenvalue weighted by Gasteiger charge is 2.35. The number of hydrogen-bond acceptors (Lipinski definition) is 3. The maximum Gasteiger partial charge on any atom is 0.418 e. The molecule has 0 bridgehead atoms. The summed E-state index contributed by atoms with van der Waals surface area (Å²) in [5.74, 6) is -0.389. The topological polar surface area (TPSA) is 49.4 Å². The van der Waals surface area contributed by atoms with Crippen molar-refractivity contribution in [2.75, 3.05) is 25.0 Å². The maximum atomic E-state index is 13.0. The van der Waals surface area contributed by atoms with E-state index in [2.05, 4.69) is 5.32 Å². The molecule has 0 radical (unpaired) electrons. The van der Waals surface area contributed by atoms with Crippen molar-refractivity contribution >= 4 is 17.9 Å². The average Bonchev–Trinajstić information content (AvgIpc) is 2.42. The summed E-state index contributed by atoms with van der Waals surface area (Å²) in [5, 5.41) is 2.36. The molecule has 0 aliphatic rings. The van der Waals surface area contributed by atoms with E-state index in [9.17, 15) is 22.8 Å². The minimum absolute atomic E-state index is 0.0583. The van der Waals surface area contributed by atoms with Gasteiger partial charge in [0.05, 0.1) is 12.1 Å². The first-order valence-electron chi connectivity index (χ1n) is 5.95. The Kier molecular flexibility index (Phi) is 5.12. The molecule has 1 N–H and O–H groups in total. The highest BCUT2D eigenvalue weighted by atomic mass is 19.4. The Morgan fingerprint density at radius 2 is 2.05 bits per heavy atom. The molecule has 0 atom stereocenters. The molecular formula is C13H15F3N2O2. The predicted molar refractivity (Wildman–Crippen MR) is 68.8 cm³/mol. The van der Waals surface area contributed by atoms with Gasteiger partial charge < -0.3 is 10.2 Å². The van der Waals surface area contributed by atoms with Gasteiger partial charge in [0.25, 0.3) is 0 Å². The molecule has 0 unspecified atom stereocenters. The SMILES string of the molecule is CCN(CC(=O)NC)c1ccc(C=O)cc1C(F)(F)F. The van der Waals surface area contributed by atoms with Crippen LogP contribution >= 0.6 is 0 Å². The zero-order chi connectivity index (χ0) is 15.3. The van der Waals surface area contributed by atoms with Gasteiger partial charge in [-0.1, -0.05) is 0 Å². The number of anilines is 1. The van der Waals surface area contributed by atoms with Crippen LogP contribution in [0.25, 0.3) is 0 Å². The highest BCUT2D eigenvalue weighted by molar-refractivity contribution is 5.82. The molecule has 1 rings (SSSR count). The van der Waals surface area contributed by atoms with Gasteiger partial charge in [-0.3, -0.25) is 9.59 Å². The average molecular weight is 288 g/mol. The normalized spacial score (nSPS) is 11.1. The van der Waals surface area contributed by atoms with Crippen molar-refractivity contribution in [3.63, 3.8) is 0 Å². The van der Waals surface area contributed by atoms with E-state index in [4.69, 9.17) is 0 Å². The molecule has 0 aliphatic carbocycles. The minimum Gasteiger partial charge on any atom is -0.362 e. The lowest BCUT2D eigenvalue weighted by Gasteiger charge is -2.26. The van der Waals surface area contributed by atoms with Gasteiger partial charge in [-0.05, 0) is 25.1 Å². The van der Waals surface area contributed by atoms with Crippen LogP contribution in [0.1, 0.15) is 22.8 Å². The summed E-state index contributed by atoms with van der Waals surface area (Å²) in [6.07, 6.45) is -4.24. The molecule has 110 valence electrons. The Hall–Kier alpha value is -2.05. The number of hydrogen-bond donors (Lipinski definition) is 1. The number of rotatable bonds is 5. The van der Waals surface area contributed by atoms with E-state index in [0.29, 0.717) is 6.29 Å². The lowest BCUT2D eigenvalue weighted by atomic mass is 10.1. The first kappa shape index (κ1) is 16.0. The molecular weight excluding hydrogens is 273 g/mol. The van der Waals surface area contributed by atoms with Crippen molar-refractivity contribution in [1.82, 2.24) is 5.32 Å². The summed E-state index contributed by atoms with van der Waals surface area (Å²) < 4.78 is 39.1. The number of carbonyl (C=O) groups excluding carboxylic acids is 2. The Morgan fingerprint density at radius 1 is 1.40 bits per heavy atom. The van der Waals surface area contributed by atoms with E-state index in [1.807, 2.05) is 0 Å². The van der Waals surface area contributed by atoms with Gasteiger partial charge in [0.1, 0.15) is 6.29 Å². The van der Waals surface area contributed by atoms with E-state index < -0.39 is 11.7 Å². The molecule has 1 aromatic carbocycles. The molecule has 4 nitrogen and oxygen atoms in total. The summed E-state index contributed by atoms with van der Waals surface area (Å²) in [5.41, 5.74) is -1.10. The third-order valence-corrected chi connectivity index (χ3v) is 2.80. The summed E-state index contributed by atoms with van der Waals surface area (Å²) in [4.78, 5) is 23.3. The van der Waals surface area contributed by atoms with E-state index in [1.54, 1.807) is 6.92 Å². The number of alkyl halides is 3. The first-order valence-corrected chi connectivity index (χ1v) is 5.95. The number of nitrogens with zero attached hydrogens (tertiary/aromatic N) is 1. The van der Waals surface area contributed by atoms with Crippen molar-refractivity contribution in [3.8, 4) is 0 Å². The third-order valence-electron chi connectivity index (χ3n) is 2.80. The van der Waals surface area contributed by atoms with Crippen LogP contribution in [-0.2, 0) is 11.0 Å². The van der Waals surface area contributed by atoms with Crippen LogP contribution in [0.2, 0.25) is 0 Å². The molecule has 20 heavy (non-hydrogen) atoms. The quantitative estimate of drug-likeness (QED) is 0.844. The van der Waals surface area contributed by atoms with Crippen molar-refractivity contribution in [2.45, 2.75) is 13.1 Å². The van der Waals surface area contributed by atoms with Crippen LogP contribution in [-0.4, -0.2) is 32.3 Å². The van der Waals surface area contributed by atoms with Crippen LogP contribution < -0.4 is 10.2 Å². The number of aldehydes is 1. The molecule has 0 heterocycles. The standard InChI is InChI=1S/C13H15F3N2O2/c1-3-18(7-12(20)17-2)11-5-4-9(8-19)6-10(11)13(14,15)16/h4-6,8H,3,7H2,1-2H3,(H,17,20). The van der Waals surface area contributed by atoms with Crippen LogP contribution in [0, 0.1) is 0 Å². The maximum absolute atomic E-state index is 13.0. The molecule has 0 spiro atoms. The molecule has 7 heteroatoms. The smallest absolute Gasteiger partial charge is 0.362 e. The van der Waals surface area contributed by atoms with Gasteiger partial charge in [-0.25, -0.2) is 0 Å². The van der Waals surface area contributed by atoms with Gasteiger partial charge in [0, 0.05) is 24.8 Å². The van der Waals surface area contributed by atoms with Gasteiger partial charge >= 0.3 is 6.18 Å². The molecule has 0 fully saturated rings. The fraction of sp³-hybridized carbons (Fsp3) is 0.385.